The molecule has 3 aromatic rings. The summed E-state index contributed by atoms with van der Waals surface area (Å²) in [5.41, 5.74) is 9.49. The number of sulfonamides is 1. The van der Waals surface area contributed by atoms with Gasteiger partial charge in [-0.05, 0) is 55.3 Å². The van der Waals surface area contributed by atoms with Crippen molar-refractivity contribution in [1.82, 2.24) is 9.55 Å². The molecule has 0 saturated heterocycles. The summed E-state index contributed by atoms with van der Waals surface area (Å²) in [5, 5.41) is 10.8. The van der Waals surface area contributed by atoms with Gasteiger partial charge in [0, 0.05) is 24.3 Å². The number of imidazole rings is 1. The van der Waals surface area contributed by atoms with Crippen molar-refractivity contribution in [1.29, 1.82) is 5.41 Å². The third-order valence-corrected chi connectivity index (χ3v) is 7.10. The van der Waals surface area contributed by atoms with Crippen molar-refractivity contribution in [3.05, 3.63) is 53.9 Å². The number of nitrogens with two attached hydrogens (primary N) is 1. The molecule has 1 fully saturated rings. The fourth-order valence-corrected chi connectivity index (χ4v) is 5.54. The van der Waals surface area contributed by atoms with Crippen LogP contribution in [0.2, 0.25) is 0 Å². The zero-order valence-corrected chi connectivity index (χ0v) is 18.6. The standard InChI is InChI=1S/C22H28N6O2S/c1-27-20-12-11-18(28(31(2,29)30)17-5-3-4-6-17)13-19(20)26-21(27)14-25-16-9-7-15(8-10-16)22(23)24/h7-13,17,25H,3-6,14H2,1-2H3,(H3,23,24). The molecule has 4 rings (SSSR count). The van der Waals surface area contributed by atoms with E-state index in [2.05, 4.69) is 5.32 Å². The molecule has 8 nitrogen and oxygen atoms in total. The Bertz CT molecular complexity index is 1210. The van der Waals surface area contributed by atoms with Crippen LogP contribution < -0.4 is 15.4 Å². The lowest BCUT2D eigenvalue weighted by Gasteiger charge is -2.28. The first-order valence-electron chi connectivity index (χ1n) is 10.4. The van der Waals surface area contributed by atoms with Crippen molar-refractivity contribution < 1.29 is 8.42 Å². The summed E-state index contributed by atoms with van der Waals surface area (Å²) in [6.45, 7) is 0.512. The summed E-state index contributed by atoms with van der Waals surface area (Å²) in [5.74, 6) is 0.882. The van der Waals surface area contributed by atoms with Gasteiger partial charge in [0.05, 0.1) is 29.5 Å². The maximum atomic E-state index is 12.5. The number of fused-ring (bicyclic) bond motifs is 1. The predicted octanol–water partition coefficient (Wildman–Crippen LogP) is 3.18. The Morgan fingerprint density at radius 1 is 1.23 bits per heavy atom. The van der Waals surface area contributed by atoms with Gasteiger partial charge in [0.25, 0.3) is 0 Å². The van der Waals surface area contributed by atoms with Crippen LogP contribution in [0.15, 0.2) is 42.5 Å². The normalized spacial score (nSPS) is 14.8. The monoisotopic (exact) mass is 440 g/mol. The van der Waals surface area contributed by atoms with Gasteiger partial charge in [0.1, 0.15) is 11.7 Å². The second kappa shape index (κ2) is 8.22. The summed E-state index contributed by atoms with van der Waals surface area (Å²) in [6, 6.07) is 13.1. The summed E-state index contributed by atoms with van der Waals surface area (Å²) in [6.07, 6.45) is 5.19. The van der Waals surface area contributed by atoms with E-state index in [1.165, 1.54) is 6.26 Å². The van der Waals surface area contributed by atoms with E-state index in [0.717, 1.165) is 48.2 Å². The maximum absolute atomic E-state index is 12.5. The lowest BCUT2D eigenvalue weighted by molar-refractivity contribution is 0.580. The highest BCUT2D eigenvalue weighted by Gasteiger charge is 2.29. The van der Waals surface area contributed by atoms with Gasteiger partial charge >= 0.3 is 0 Å². The van der Waals surface area contributed by atoms with E-state index in [1.54, 1.807) is 16.4 Å². The number of aryl methyl sites for hydroxylation is 1. The average molecular weight is 441 g/mol. The number of aromatic nitrogens is 2. The highest BCUT2D eigenvalue weighted by atomic mass is 32.2. The highest BCUT2D eigenvalue weighted by Crippen LogP contribution is 2.32. The van der Waals surface area contributed by atoms with Gasteiger partial charge in [-0.1, -0.05) is 12.8 Å². The third kappa shape index (κ3) is 4.36. The summed E-state index contributed by atoms with van der Waals surface area (Å²) in [7, 11) is -1.41. The van der Waals surface area contributed by atoms with Gasteiger partial charge in [-0.2, -0.15) is 0 Å². The lowest BCUT2D eigenvalue weighted by Crippen LogP contribution is -2.38. The Kier molecular flexibility index (Phi) is 5.62. The van der Waals surface area contributed by atoms with Crippen LogP contribution in [0.3, 0.4) is 0 Å². The molecule has 0 atom stereocenters. The molecule has 1 aliphatic rings. The SMILES string of the molecule is Cn1c(CNc2ccc(C(=N)N)cc2)nc2cc(N(C3CCCC3)S(C)(=O)=O)ccc21. The number of benzene rings is 2. The summed E-state index contributed by atoms with van der Waals surface area (Å²) in [4.78, 5) is 4.75. The third-order valence-electron chi connectivity index (χ3n) is 5.87. The molecule has 31 heavy (non-hydrogen) atoms. The summed E-state index contributed by atoms with van der Waals surface area (Å²) >= 11 is 0. The number of hydrogen-bond donors (Lipinski definition) is 3. The van der Waals surface area contributed by atoms with Gasteiger partial charge in [-0.25, -0.2) is 13.4 Å². The molecule has 1 aliphatic carbocycles. The van der Waals surface area contributed by atoms with Crippen molar-refractivity contribution in [2.24, 2.45) is 12.8 Å². The number of amidine groups is 1. The van der Waals surface area contributed by atoms with E-state index in [9.17, 15) is 8.42 Å². The van der Waals surface area contributed by atoms with E-state index in [0.29, 0.717) is 17.8 Å². The Hall–Kier alpha value is -3.07. The highest BCUT2D eigenvalue weighted by molar-refractivity contribution is 7.92. The van der Waals surface area contributed by atoms with Crippen LogP contribution >= 0.6 is 0 Å². The average Bonchev–Trinajstić information content (AvgIpc) is 3.34. The molecule has 0 radical (unpaired) electrons. The Morgan fingerprint density at radius 3 is 2.52 bits per heavy atom. The Morgan fingerprint density at radius 2 is 1.90 bits per heavy atom. The molecule has 0 amide bonds. The first-order valence-corrected chi connectivity index (χ1v) is 12.2. The van der Waals surface area contributed by atoms with E-state index in [4.69, 9.17) is 16.1 Å². The van der Waals surface area contributed by atoms with Gasteiger partial charge in [0.15, 0.2) is 0 Å². The minimum atomic E-state index is -3.37. The van der Waals surface area contributed by atoms with Crippen LogP contribution in [0.5, 0.6) is 0 Å². The molecule has 9 heteroatoms. The van der Waals surface area contributed by atoms with E-state index in [-0.39, 0.29) is 11.9 Å². The van der Waals surface area contributed by atoms with Crippen LogP contribution in [-0.2, 0) is 23.6 Å². The molecule has 164 valence electrons. The van der Waals surface area contributed by atoms with Crippen LogP contribution in [-0.4, -0.2) is 36.1 Å². The smallest absolute Gasteiger partial charge is 0.232 e. The molecule has 1 aromatic heterocycles. The van der Waals surface area contributed by atoms with Crippen molar-refractivity contribution in [3.63, 3.8) is 0 Å². The molecule has 1 heterocycles. The molecule has 0 bridgehead atoms. The number of hydrogen-bond acceptors (Lipinski definition) is 5. The van der Waals surface area contributed by atoms with Crippen molar-refractivity contribution in [2.75, 3.05) is 15.9 Å². The van der Waals surface area contributed by atoms with Crippen molar-refractivity contribution in [2.45, 2.75) is 38.3 Å². The topological polar surface area (TPSA) is 117 Å². The summed E-state index contributed by atoms with van der Waals surface area (Å²) < 4.78 is 28.6. The number of anilines is 2. The second-order valence-electron chi connectivity index (χ2n) is 8.10. The molecule has 4 N–H and O–H groups in total. The van der Waals surface area contributed by atoms with Crippen LogP contribution in [0, 0.1) is 5.41 Å². The number of nitrogen functional groups attached to an aromatic ring is 1. The van der Waals surface area contributed by atoms with Crippen molar-refractivity contribution in [3.8, 4) is 0 Å². The van der Waals surface area contributed by atoms with E-state index >= 15 is 0 Å². The molecule has 0 aliphatic heterocycles. The van der Waals surface area contributed by atoms with Crippen LogP contribution in [0.25, 0.3) is 11.0 Å². The van der Waals surface area contributed by atoms with E-state index < -0.39 is 10.0 Å². The molecule has 1 saturated carbocycles. The van der Waals surface area contributed by atoms with Gasteiger partial charge in [-0.15, -0.1) is 0 Å². The quantitative estimate of drug-likeness (QED) is 0.385. The van der Waals surface area contributed by atoms with Gasteiger partial charge in [-0.3, -0.25) is 9.71 Å². The van der Waals surface area contributed by atoms with Gasteiger partial charge < -0.3 is 15.6 Å². The Labute approximate surface area is 182 Å². The van der Waals surface area contributed by atoms with Crippen LogP contribution in [0.4, 0.5) is 11.4 Å². The number of nitrogens with zero attached hydrogens (tertiary/aromatic N) is 3. The van der Waals surface area contributed by atoms with Crippen molar-refractivity contribution >= 4 is 38.3 Å². The zero-order valence-electron chi connectivity index (χ0n) is 17.8. The fraction of sp³-hybridized carbons (Fsp3) is 0.364. The minimum Gasteiger partial charge on any atom is -0.384 e. The zero-order chi connectivity index (χ0) is 22.2. The van der Waals surface area contributed by atoms with Crippen LogP contribution in [0.1, 0.15) is 37.1 Å². The molecule has 2 aromatic carbocycles. The largest absolute Gasteiger partial charge is 0.384 e. The minimum absolute atomic E-state index is 0.0234. The molecule has 0 spiro atoms. The maximum Gasteiger partial charge on any atom is 0.232 e. The van der Waals surface area contributed by atoms with E-state index in [1.807, 2.05) is 41.9 Å². The number of rotatable bonds is 7. The van der Waals surface area contributed by atoms with Gasteiger partial charge in [0.2, 0.25) is 10.0 Å². The fourth-order valence-electron chi connectivity index (χ4n) is 4.29. The molecular weight excluding hydrogens is 412 g/mol. The second-order valence-corrected chi connectivity index (χ2v) is 9.96. The first-order chi connectivity index (χ1) is 14.7. The first kappa shape index (κ1) is 21.2. The predicted molar refractivity (Wildman–Crippen MR) is 125 cm³/mol. The molecule has 0 unspecified atom stereocenters. The number of nitrogens with one attached hydrogen (secondary N) is 2. The Balaban J connectivity index is 1.59. The lowest BCUT2D eigenvalue weighted by atomic mass is 10.2. The molecular formula is C22H28N6O2S.